The van der Waals surface area contributed by atoms with E-state index in [2.05, 4.69) is 49.6 Å². The molecule has 0 bridgehead atoms. The molecule has 4 aromatic carbocycles. The van der Waals surface area contributed by atoms with Crippen molar-refractivity contribution in [1.82, 2.24) is 0 Å². The number of nitrogens with two attached hydrogens (primary N) is 1. The van der Waals surface area contributed by atoms with Gasteiger partial charge in [0.15, 0.2) is 0 Å². The van der Waals surface area contributed by atoms with Crippen LogP contribution in [0.4, 0.5) is 0 Å². The van der Waals surface area contributed by atoms with Crippen molar-refractivity contribution < 1.29 is 18.8 Å². The summed E-state index contributed by atoms with van der Waals surface area (Å²) in [6.45, 7) is 16.0. The quantitative estimate of drug-likeness (QED) is 0.124. The smallest absolute Gasteiger partial charge is 0.469 e. The number of carbonyl (C=O) groups is 1. The van der Waals surface area contributed by atoms with Crippen LogP contribution in [0.5, 0.6) is 0 Å². The van der Waals surface area contributed by atoms with Crippen molar-refractivity contribution in [1.29, 1.82) is 0 Å². The summed E-state index contributed by atoms with van der Waals surface area (Å²) in [5.74, 6) is -0.231. The van der Waals surface area contributed by atoms with Crippen LogP contribution in [0.1, 0.15) is 67.5 Å². The molecule has 0 radical (unpaired) electrons. The average Bonchev–Trinajstić information content (AvgIpc) is 3.29. The van der Waals surface area contributed by atoms with Crippen LogP contribution in [0, 0.1) is 0 Å². The van der Waals surface area contributed by atoms with Gasteiger partial charge in [0.2, 0.25) is 0 Å². The second-order valence-corrected chi connectivity index (χ2v) is 12.1. The average molecular weight is 602 g/mol. The van der Waals surface area contributed by atoms with Gasteiger partial charge in [-0.25, -0.2) is 0 Å². The van der Waals surface area contributed by atoms with Gasteiger partial charge in [0.25, 0.3) is 0 Å². The molecule has 1 saturated heterocycles. The van der Waals surface area contributed by atoms with Gasteiger partial charge < -0.3 is 19.8 Å². The third-order valence-corrected chi connectivity index (χ3v) is 8.84. The summed E-state index contributed by atoms with van der Waals surface area (Å²) in [6.07, 6.45) is 4.49. The number of benzene rings is 4. The molecule has 0 amide bonds. The lowest BCUT2D eigenvalue weighted by Gasteiger charge is -2.32. The first-order valence-electron chi connectivity index (χ1n) is 15.3. The van der Waals surface area contributed by atoms with Gasteiger partial charge in [-0.3, -0.25) is 4.79 Å². The number of ether oxygens (including phenoxy) is 1. The first-order valence-corrected chi connectivity index (χ1v) is 15.3. The van der Waals surface area contributed by atoms with Crippen molar-refractivity contribution in [2.45, 2.75) is 57.3 Å². The van der Waals surface area contributed by atoms with Crippen LogP contribution in [0.15, 0.2) is 116 Å². The van der Waals surface area contributed by atoms with Crippen molar-refractivity contribution in [2.75, 3.05) is 7.11 Å². The highest BCUT2D eigenvalue weighted by atomic mass is 16.7. The van der Waals surface area contributed by atoms with Gasteiger partial charge in [0.1, 0.15) is 0 Å². The molecule has 5 rings (SSSR count). The molecule has 0 atom stereocenters. The summed E-state index contributed by atoms with van der Waals surface area (Å²) < 4.78 is 17.1. The molecule has 1 aliphatic heterocycles. The fourth-order valence-corrected chi connectivity index (χ4v) is 5.50. The van der Waals surface area contributed by atoms with Crippen molar-refractivity contribution in [3.63, 3.8) is 0 Å². The highest BCUT2D eigenvalue weighted by molar-refractivity contribution is 6.63. The van der Waals surface area contributed by atoms with Crippen LogP contribution in [-0.2, 0) is 30.8 Å². The van der Waals surface area contributed by atoms with Gasteiger partial charge in [0, 0.05) is 6.42 Å². The third-order valence-electron chi connectivity index (χ3n) is 8.84. The number of rotatable bonds is 9. The standard InChI is InChI=1S/C20H27BO4.C19H17N/c1-8-15-14(11-13-18(22)23-7)10-12-17(16(15)9-2)21-24-19(3,4)20(5,6)25-21;20-19(16-10-4-1-5-11-16,17-12-6-2-7-13-17)18-14-8-3-9-15-18/h8-10,12H,1-2,11,13H2,3-7H3;1-15H,20H2. The maximum atomic E-state index is 11.5. The number of aryl methyl sites for hydroxylation is 1. The molecule has 2 N–H and O–H groups in total. The highest BCUT2D eigenvalue weighted by Crippen LogP contribution is 2.37. The lowest BCUT2D eigenvalue weighted by atomic mass is 9.73. The van der Waals surface area contributed by atoms with Crippen LogP contribution in [0.2, 0.25) is 0 Å². The van der Waals surface area contributed by atoms with Crippen LogP contribution in [0.3, 0.4) is 0 Å². The van der Waals surface area contributed by atoms with Crippen molar-refractivity contribution in [3.8, 4) is 0 Å². The van der Waals surface area contributed by atoms with E-state index in [1.165, 1.54) is 7.11 Å². The molecule has 0 aliphatic carbocycles. The van der Waals surface area contributed by atoms with Crippen LogP contribution in [-0.4, -0.2) is 31.4 Å². The summed E-state index contributed by atoms with van der Waals surface area (Å²) in [7, 11) is 0.930. The number of hydrogen-bond donors (Lipinski definition) is 1. The second-order valence-electron chi connectivity index (χ2n) is 12.1. The maximum Gasteiger partial charge on any atom is 0.495 e. The summed E-state index contributed by atoms with van der Waals surface area (Å²) in [5, 5.41) is 0. The molecule has 0 aromatic heterocycles. The Morgan fingerprint density at radius 3 is 1.56 bits per heavy atom. The minimum Gasteiger partial charge on any atom is -0.469 e. The van der Waals surface area contributed by atoms with Gasteiger partial charge >= 0.3 is 13.1 Å². The Labute approximate surface area is 268 Å². The van der Waals surface area contributed by atoms with E-state index in [4.69, 9.17) is 19.8 Å². The SMILES string of the molecule is C=Cc1c(CCC(=O)OC)ccc(B2OC(C)(C)C(C)(C)O2)c1C=C.NC(c1ccccc1)(c1ccccc1)c1ccccc1. The van der Waals surface area contributed by atoms with E-state index >= 15 is 0 Å². The van der Waals surface area contributed by atoms with E-state index < -0.39 is 23.9 Å². The molecule has 0 spiro atoms. The molecule has 5 nitrogen and oxygen atoms in total. The predicted octanol–water partition coefficient (Wildman–Crippen LogP) is 7.31. The van der Waals surface area contributed by atoms with E-state index in [1.807, 2.05) is 94.4 Å². The Bertz CT molecular complexity index is 1490. The Morgan fingerprint density at radius 2 is 1.18 bits per heavy atom. The molecule has 1 heterocycles. The first-order chi connectivity index (χ1) is 21.5. The lowest BCUT2D eigenvalue weighted by Crippen LogP contribution is -2.41. The Hall–Kier alpha value is -4.23. The van der Waals surface area contributed by atoms with E-state index in [-0.39, 0.29) is 5.97 Å². The molecular weight excluding hydrogens is 557 g/mol. The molecule has 4 aromatic rings. The van der Waals surface area contributed by atoms with E-state index in [0.717, 1.165) is 38.8 Å². The summed E-state index contributed by atoms with van der Waals surface area (Å²) in [6, 6.07) is 34.7. The number of hydrogen-bond acceptors (Lipinski definition) is 5. The molecule has 232 valence electrons. The maximum absolute atomic E-state index is 11.5. The zero-order valence-electron chi connectivity index (χ0n) is 27.1. The minimum atomic E-state index is -0.621. The molecule has 1 aliphatic rings. The minimum absolute atomic E-state index is 0.231. The normalized spacial score (nSPS) is 15.0. The zero-order chi connectivity index (χ0) is 32.7. The molecule has 45 heavy (non-hydrogen) atoms. The van der Waals surface area contributed by atoms with E-state index in [1.54, 1.807) is 12.2 Å². The van der Waals surface area contributed by atoms with Gasteiger partial charge in [0.05, 0.1) is 23.9 Å². The van der Waals surface area contributed by atoms with Gasteiger partial charge in [-0.15, -0.1) is 0 Å². The van der Waals surface area contributed by atoms with Gasteiger partial charge in [-0.1, -0.05) is 128 Å². The number of methoxy groups -OCH3 is 1. The number of esters is 1. The summed E-state index contributed by atoms with van der Waals surface area (Å²) >= 11 is 0. The topological polar surface area (TPSA) is 70.8 Å². The van der Waals surface area contributed by atoms with Crippen LogP contribution in [0.25, 0.3) is 12.2 Å². The largest absolute Gasteiger partial charge is 0.495 e. The second kappa shape index (κ2) is 14.3. The summed E-state index contributed by atoms with van der Waals surface area (Å²) in [4.78, 5) is 11.5. The Balaban J connectivity index is 0.000000209. The van der Waals surface area contributed by atoms with E-state index in [0.29, 0.717) is 12.8 Å². The van der Waals surface area contributed by atoms with E-state index in [9.17, 15) is 4.79 Å². The van der Waals surface area contributed by atoms with Crippen LogP contribution >= 0.6 is 0 Å². The van der Waals surface area contributed by atoms with Gasteiger partial charge in [-0.2, -0.15) is 0 Å². The van der Waals surface area contributed by atoms with Crippen molar-refractivity contribution in [3.05, 3.63) is 150 Å². The fraction of sp³-hybridized carbons (Fsp3) is 0.256. The molecule has 6 heteroatoms. The highest BCUT2D eigenvalue weighted by Gasteiger charge is 2.52. The molecule has 0 saturated carbocycles. The third kappa shape index (κ3) is 7.20. The first kappa shape index (κ1) is 33.7. The van der Waals surface area contributed by atoms with Crippen molar-refractivity contribution in [2.24, 2.45) is 5.73 Å². The predicted molar refractivity (Wildman–Crippen MR) is 186 cm³/mol. The number of carbonyl (C=O) groups excluding carboxylic acids is 1. The Morgan fingerprint density at radius 1 is 0.756 bits per heavy atom. The lowest BCUT2D eigenvalue weighted by molar-refractivity contribution is -0.140. The monoisotopic (exact) mass is 601 g/mol. The zero-order valence-corrected chi connectivity index (χ0v) is 27.1. The molecular formula is C39H44BNO4. The van der Waals surface area contributed by atoms with Crippen molar-refractivity contribution >= 4 is 30.7 Å². The molecule has 1 fully saturated rings. The van der Waals surface area contributed by atoms with Crippen LogP contribution < -0.4 is 11.2 Å². The van der Waals surface area contributed by atoms with Gasteiger partial charge in [-0.05, 0) is 73.0 Å². The Kier molecular flexibility index (Phi) is 10.7. The fourth-order valence-electron chi connectivity index (χ4n) is 5.50. The summed E-state index contributed by atoms with van der Waals surface area (Å²) in [5.41, 5.74) is 12.5. The molecule has 0 unspecified atom stereocenters.